The molecule has 2 radical (unpaired) electrons. The van der Waals surface area contributed by atoms with Gasteiger partial charge in [-0.25, -0.2) is 4.39 Å². The Morgan fingerprint density at radius 1 is 1.05 bits per heavy atom. The van der Waals surface area contributed by atoms with Gasteiger partial charge in [0.1, 0.15) is 13.7 Å². The van der Waals surface area contributed by atoms with Crippen molar-refractivity contribution in [1.82, 2.24) is 0 Å². The van der Waals surface area contributed by atoms with E-state index in [4.69, 9.17) is 13.0 Å². The SMILES string of the molecule is CC(C)(C)C.CO.O.[B]c1cc2c(cc1F)CCC2. The van der Waals surface area contributed by atoms with Crippen molar-refractivity contribution in [3.63, 3.8) is 0 Å². The molecular weight excluding hydrogens is 242 g/mol. The van der Waals surface area contributed by atoms with Crippen molar-refractivity contribution < 1.29 is 15.0 Å². The highest BCUT2D eigenvalue weighted by molar-refractivity contribution is 6.32. The van der Waals surface area contributed by atoms with Crippen molar-refractivity contribution in [3.8, 4) is 0 Å². The molecule has 1 aromatic carbocycles. The molecule has 4 heteroatoms. The molecule has 0 unspecified atom stereocenters. The van der Waals surface area contributed by atoms with Gasteiger partial charge < -0.3 is 10.6 Å². The van der Waals surface area contributed by atoms with E-state index in [9.17, 15) is 4.39 Å². The first kappa shape index (κ1) is 20.5. The molecule has 0 saturated heterocycles. The standard InChI is InChI=1S/C9H8BF.C5H12.CH4O.H2O/c10-8-4-6-2-1-3-7(6)5-9(8)11;1-5(2,3)4;1-2;/h4-5H,1-3H2;1-4H3;2H,1H3;1H2. The van der Waals surface area contributed by atoms with Crippen LogP contribution >= 0.6 is 0 Å². The van der Waals surface area contributed by atoms with Gasteiger partial charge in [-0.3, -0.25) is 0 Å². The topological polar surface area (TPSA) is 51.7 Å². The second-order valence-electron chi connectivity index (χ2n) is 6.00. The number of aliphatic hydroxyl groups excluding tert-OH is 1. The molecule has 1 aliphatic rings. The third kappa shape index (κ3) is 8.79. The maximum Gasteiger partial charge on any atom is 0.117 e. The molecule has 2 nitrogen and oxygen atoms in total. The lowest BCUT2D eigenvalue weighted by Crippen LogP contribution is -2.09. The number of benzene rings is 1. The first-order chi connectivity index (χ1) is 8.27. The van der Waals surface area contributed by atoms with Gasteiger partial charge in [0.15, 0.2) is 0 Å². The van der Waals surface area contributed by atoms with E-state index in [0.717, 1.165) is 31.9 Å². The van der Waals surface area contributed by atoms with Gasteiger partial charge in [0.25, 0.3) is 0 Å². The molecule has 0 atom stereocenters. The molecule has 1 aromatic rings. The highest BCUT2D eigenvalue weighted by Gasteiger charge is 2.12. The monoisotopic (exact) mass is 268 g/mol. The number of fused-ring (bicyclic) bond motifs is 1. The maximum atomic E-state index is 12.8. The average molecular weight is 268 g/mol. The Balaban J connectivity index is 0. The van der Waals surface area contributed by atoms with E-state index in [1.165, 1.54) is 5.56 Å². The zero-order chi connectivity index (χ0) is 14.3. The van der Waals surface area contributed by atoms with Crippen LogP contribution in [0.25, 0.3) is 0 Å². The molecule has 0 aromatic heterocycles. The predicted octanol–water partition coefficient (Wildman–Crippen LogP) is 1.94. The minimum absolute atomic E-state index is 0. The lowest BCUT2D eigenvalue weighted by molar-refractivity contribution is 0.399. The third-order valence-corrected chi connectivity index (χ3v) is 2.21. The van der Waals surface area contributed by atoms with Crippen LogP contribution in [0.15, 0.2) is 12.1 Å². The summed E-state index contributed by atoms with van der Waals surface area (Å²) in [6.07, 6.45) is 3.20. The third-order valence-electron chi connectivity index (χ3n) is 2.21. The first-order valence-electron chi connectivity index (χ1n) is 6.29. The number of hydrogen-bond acceptors (Lipinski definition) is 1. The molecule has 0 fully saturated rings. The zero-order valence-corrected chi connectivity index (χ0v) is 12.7. The smallest absolute Gasteiger partial charge is 0.117 e. The molecule has 1 aliphatic carbocycles. The molecule has 0 bridgehead atoms. The molecule has 2 rings (SSSR count). The quantitative estimate of drug-likeness (QED) is 0.718. The Morgan fingerprint density at radius 2 is 1.42 bits per heavy atom. The van der Waals surface area contributed by atoms with Crippen LogP contribution in [0.4, 0.5) is 4.39 Å². The fourth-order valence-corrected chi connectivity index (χ4v) is 1.61. The van der Waals surface area contributed by atoms with E-state index in [-0.39, 0.29) is 16.8 Å². The molecule has 0 aliphatic heterocycles. The molecule has 0 heterocycles. The molecule has 0 saturated carbocycles. The zero-order valence-electron chi connectivity index (χ0n) is 12.7. The summed E-state index contributed by atoms with van der Waals surface area (Å²) in [7, 11) is 6.42. The van der Waals surface area contributed by atoms with Gasteiger partial charge in [0, 0.05) is 7.11 Å². The molecule has 0 amide bonds. The normalized spacial score (nSPS) is 12.2. The lowest BCUT2D eigenvalue weighted by atomic mass is 9.92. The van der Waals surface area contributed by atoms with Gasteiger partial charge in [-0.1, -0.05) is 39.2 Å². The van der Waals surface area contributed by atoms with Crippen molar-refractivity contribution >= 4 is 13.3 Å². The van der Waals surface area contributed by atoms with E-state index in [1.807, 2.05) is 0 Å². The van der Waals surface area contributed by atoms with E-state index in [0.29, 0.717) is 5.41 Å². The van der Waals surface area contributed by atoms with Crippen LogP contribution in [0, 0.1) is 11.2 Å². The summed E-state index contributed by atoms with van der Waals surface area (Å²) in [5, 5.41) is 7.00. The average Bonchev–Trinajstić information content (AvgIpc) is 2.66. The van der Waals surface area contributed by atoms with Crippen molar-refractivity contribution in [2.24, 2.45) is 5.41 Å². The Hall–Kier alpha value is -0.865. The van der Waals surface area contributed by atoms with Crippen LogP contribution < -0.4 is 5.46 Å². The summed E-state index contributed by atoms with van der Waals surface area (Å²) in [4.78, 5) is 0. The van der Waals surface area contributed by atoms with E-state index in [2.05, 4.69) is 27.7 Å². The van der Waals surface area contributed by atoms with Gasteiger partial charge in [-0.05, 0) is 41.9 Å². The van der Waals surface area contributed by atoms with Crippen molar-refractivity contribution in [2.75, 3.05) is 7.11 Å². The molecule has 0 spiro atoms. The highest BCUT2D eigenvalue weighted by Crippen LogP contribution is 2.20. The number of hydrogen-bond donors (Lipinski definition) is 1. The summed E-state index contributed by atoms with van der Waals surface area (Å²) in [6.45, 7) is 8.75. The second-order valence-corrected chi connectivity index (χ2v) is 6.00. The van der Waals surface area contributed by atoms with Crippen LogP contribution in [0.2, 0.25) is 0 Å². The number of rotatable bonds is 0. The first-order valence-corrected chi connectivity index (χ1v) is 6.29. The molecular formula is C15H26BFO2. The summed E-state index contributed by atoms with van der Waals surface area (Å²) in [5.41, 5.74) is 3.14. The van der Waals surface area contributed by atoms with Crippen LogP contribution in [-0.2, 0) is 12.8 Å². The van der Waals surface area contributed by atoms with Crippen LogP contribution in [-0.4, -0.2) is 25.5 Å². The van der Waals surface area contributed by atoms with Crippen LogP contribution in [0.5, 0.6) is 0 Å². The number of aliphatic hydroxyl groups is 1. The molecule has 108 valence electrons. The fourth-order valence-electron chi connectivity index (χ4n) is 1.61. The minimum atomic E-state index is -0.273. The summed E-state index contributed by atoms with van der Waals surface area (Å²) in [5.74, 6) is -0.273. The lowest BCUT2D eigenvalue weighted by Gasteiger charge is -2.05. The minimum Gasteiger partial charge on any atom is -0.412 e. The van der Waals surface area contributed by atoms with Gasteiger partial charge in [0.05, 0.1) is 0 Å². The molecule has 19 heavy (non-hydrogen) atoms. The van der Waals surface area contributed by atoms with Crippen molar-refractivity contribution in [3.05, 3.63) is 29.1 Å². The van der Waals surface area contributed by atoms with E-state index in [1.54, 1.807) is 12.1 Å². The van der Waals surface area contributed by atoms with Gasteiger partial charge in [-0.2, -0.15) is 0 Å². The van der Waals surface area contributed by atoms with Gasteiger partial charge in [0.2, 0.25) is 0 Å². The van der Waals surface area contributed by atoms with Crippen LogP contribution in [0.1, 0.15) is 45.2 Å². The predicted molar refractivity (Wildman–Crippen MR) is 80.7 cm³/mol. The summed E-state index contributed by atoms with van der Waals surface area (Å²) >= 11 is 0. The Kier molecular flexibility index (Phi) is 9.80. The van der Waals surface area contributed by atoms with Crippen molar-refractivity contribution in [1.29, 1.82) is 0 Å². The summed E-state index contributed by atoms with van der Waals surface area (Å²) in [6, 6.07) is 3.33. The highest BCUT2D eigenvalue weighted by atomic mass is 19.1. The van der Waals surface area contributed by atoms with Gasteiger partial charge in [-0.15, -0.1) is 0 Å². The van der Waals surface area contributed by atoms with Crippen molar-refractivity contribution in [2.45, 2.75) is 47.0 Å². The Morgan fingerprint density at radius 3 is 1.84 bits per heavy atom. The van der Waals surface area contributed by atoms with Crippen LogP contribution in [0.3, 0.4) is 0 Å². The second kappa shape index (κ2) is 9.10. The largest absolute Gasteiger partial charge is 0.412 e. The summed E-state index contributed by atoms with van der Waals surface area (Å²) < 4.78 is 12.8. The van der Waals surface area contributed by atoms with Gasteiger partial charge >= 0.3 is 0 Å². The fraction of sp³-hybridized carbons (Fsp3) is 0.600. The number of halogens is 1. The number of aryl methyl sites for hydroxylation is 2. The Bertz CT molecular complexity index is 338. The maximum absolute atomic E-state index is 12.8. The Labute approximate surface area is 117 Å². The molecule has 3 N–H and O–H groups in total. The van der Waals surface area contributed by atoms with E-state index >= 15 is 0 Å². The van der Waals surface area contributed by atoms with E-state index < -0.39 is 0 Å².